The van der Waals surface area contributed by atoms with E-state index in [1.807, 2.05) is 29.2 Å². The van der Waals surface area contributed by atoms with Crippen molar-refractivity contribution in [2.24, 2.45) is 13.0 Å². The molecule has 0 radical (unpaired) electrons. The number of aryl methyl sites for hydroxylation is 2. The minimum atomic E-state index is -0.0537. The smallest absolute Gasteiger partial charge is 0.328 e. The van der Waals surface area contributed by atoms with E-state index in [2.05, 4.69) is 5.32 Å². The fraction of sp³-hybridized carbons (Fsp3) is 0.600. The molecule has 1 aromatic carbocycles. The highest BCUT2D eigenvalue weighted by Gasteiger charge is 2.26. The highest BCUT2D eigenvalue weighted by molar-refractivity contribution is 5.78. The van der Waals surface area contributed by atoms with Gasteiger partial charge in [0, 0.05) is 39.1 Å². The summed E-state index contributed by atoms with van der Waals surface area (Å²) in [5.41, 5.74) is 1.75. The average molecular weight is 356 g/mol. The molecule has 6 heteroatoms. The molecule has 2 heterocycles. The molecule has 4 rings (SSSR count). The second kappa shape index (κ2) is 7.27. The van der Waals surface area contributed by atoms with Gasteiger partial charge in [-0.3, -0.25) is 13.9 Å². The summed E-state index contributed by atoms with van der Waals surface area (Å²) in [6.07, 6.45) is 5.20. The van der Waals surface area contributed by atoms with Gasteiger partial charge in [-0.05, 0) is 50.3 Å². The molecule has 1 saturated carbocycles. The molecule has 0 bridgehead atoms. The summed E-state index contributed by atoms with van der Waals surface area (Å²) < 4.78 is 3.37. The minimum Gasteiger partial charge on any atom is -0.343 e. The van der Waals surface area contributed by atoms with E-state index < -0.39 is 0 Å². The van der Waals surface area contributed by atoms with Gasteiger partial charge in [-0.15, -0.1) is 0 Å². The number of para-hydroxylation sites is 2. The average Bonchev–Trinajstić information content (AvgIpc) is 3.47. The summed E-state index contributed by atoms with van der Waals surface area (Å²) in [5, 5.41) is 3.65. The Labute approximate surface area is 153 Å². The maximum atomic E-state index is 12.6. The van der Waals surface area contributed by atoms with Gasteiger partial charge in [-0.1, -0.05) is 12.1 Å². The van der Waals surface area contributed by atoms with Crippen LogP contribution in [0.5, 0.6) is 0 Å². The molecule has 140 valence electrons. The summed E-state index contributed by atoms with van der Waals surface area (Å²) in [4.78, 5) is 27.0. The second-order valence-corrected chi connectivity index (χ2v) is 7.74. The standard InChI is InChI=1S/C20H28N4O2/c1-22-17-4-2-3-5-18(17)24(20(22)26)13-10-19(25)23-11-8-16(9-12-23)21-14-15-6-7-15/h2-5,15-16,21H,6-14H2,1H3. The molecule has 0 unspecified atom stereocenters. The Morgan fingerprint density at radius 3 is 2.50 bits per heavy atom. The topological polar surface area (TPSA) is 59.3 Å². The first-order chi connectivity index (χ1) is 12.6. The van der Waals surface area contributed by atoms with Gasteiger partial charge in [0.25, 0.3) is 0 Å². The van der Waals surface area contributed by atoms with Crippen molar-refractivity contribution < 1.29 is 4.79 Å². The van der Waals surface area contributed by atoms with Crippen molar-refractivity contribution in [2.45, 2.75) is 44.7 Å². The lowest BCUT2D eigenvalue weighted by Gasteiger charge is -2.32. The van der Waals surface area contributed by atoms with Gasteiger partial charge < -0.3 is 10.2 Å². The molecular formula is C20H28N4O2. The molecule has 26 heavy (non-hydrogen) atoms. The number of hydrogen-bond donors (Lipinski definition) is 1. The van der Waals surface area contributed by atoms with Gasteiger partial charge in [0.1, 0.15) is 0 Å². The van der Waals surface area contributed by atoms with Crippen LogP contribution in [0.4, 0.5) is 0 Å². The predicted molar refractivity (Wildman–Crippen MR) is 102 cm³/mol. The number of hydrogen-bond acceptors (Lipinski definition) is 3. The zero-order valence-electron chi connectivity index (χ0n) is 15.5. The van der Waals surface area contributed by atoms with E-state index in [1.54, 1.807) is 16.2 Å². The fourth-order valence-corrected chi connectivity index (χ4v) is 3.93. The van der Waals surface area contributed by atoms with Crippen molar-refractivity contribution in [2.75, 3.05) is 19.6 Å². The van der Waals surface area contributed by atoms with Crippen LogP contribution >= 0.6 is 0 Å². The normalized spacial score (nSPS) is 18.6. The van der Waals surface area contributed by atoms with E-state index in [4.69, 9.17) is 0 Å². The fourth-order valence-electron chi connectivity index (χ4n) is 3.93. The molecule has 1 aromatic heterocycles. The molecule has 1 N–H and O–H groups in total. The van der Waals surface area contributed by atoms with E-state index in [1.165, 1.54) is 12.8 Å². The van der Waals surface area contributed by atoms with Crippen LogP contribution in [0.3, 0.4) is 0 Å². The van der Waals surface area contributed by atoms with E-state index in [-0.39, 0.29) is 11.6 Å². The lowest BCUT2D eigenvalue weighted by atomic mass is 10.0. The van der Waals surface area contributed by atoms with Crippen LogP contribution < -0.4 is 11.0 Å². The number of fused-ring (bicyclic) bond motifs is 1. The van der Waals surface area contributed by atoms with Gasteiger partial charge in [0.2, 0.25) is 5.91 Å². The molecule has 2 aliphatic rings. The zero-order chi connectivity index (χ0) is 18.1. The summed E-state index contributed by atoms with van der Waals surface area (Å²) >= 11 is 0. The molecule has 1 aliphatic heterocycles. The van der Waals surface area contributed by atoms with Crippen molar-refractivity contribution >= 4 is 16.9 Å². The molecule has 1 amide bonds. The Kier molecular flexibility index (Phi) is 4.85. The van der Waals surface area contributed by atoms with E-state index in [9.17, 15) is 9.59 Å². The number of carbonyl (C=O) groups is 1. The Hall–Kier alpha value is -2.08. The lowest BCUT2D eigenvalue weighted by molar-refractivity contribution is -0.132. The third kappa shape index (κ3) is 3.56. The van der Waals surface area contributed by atoms with Gasteiger partial charge in [0.05, 0.1) is 11.0 Å². The molecule has 6 nitrogen and oxygen atoms in total. The Morgan fingerprint density at radius 2 is 1.81 bits per heavy atom. The summed E-state index contributed by atoms with van der Waals surface area (Å²) in [6, 6.07) is 8.30. The number of rotatable bonds is 6. The maximum Gasteiger partial charge on any atom is 0.328 e. The third-order valence-electron chi connectivity index (χ3n) is 5.84. The van der Waals surface area contributed by atoms with Crippen molar-refractivity contribution in [3.8, 4) is 0 Å². The van der Waals surface area contributed by atoms with Crippen LogP contribution in [0.1, 0.15) is 32.1 Å². The number of likely N-dealkylation sites (tertiary alicyclic amines) is 1. The van der Waals surface area contributed by atoms with Crippen LogP contribution in [0.2, 0.25) is 0 Å². The summed E-state index contributed by atoms with van der Waals surface area (Å²) in [5.74, 6) is 1.05. The maximum absolute atomic E-state index is 12.6. The monoisotopic (exact) mass is 356 g/mol. The quantitative estimate of drug-likeness (QED) is 0.857. The molecule has 1 aliphatic carbocycles. The number of amides is 1. The predicted octanol–water partition coefficient (Wildman–Crippen LogP) is 1.72. The van der Waals surface area contributed by atoms with E-state index in [0.29, 0.717) is 19.0 Å². The first-order valence-electron chi connectivity index (χ1n) is 9.79. The van der Waals surface area contributed by atoms with Crippen LogP contribution in [-0.4, -0.2) is 45.6 Å². The molecule has 1 saturated heterocycles. The van der Waals surface area contributed by atoms with Gasteiger partial charge in [-0.25, -0.2) is 4.79 Å². The molecular weight excluding hydrogens is 328 g/mol. The number of imidazole rings is 1. The number of aromatic nitrogens is 2. The zero-order valence-corrected chi connectivity index (χ0v) is 15.5. The lowest BCUT2D eigenvalue weighted by Crippen LogP contribution is -2.45. The summed E-state index contributed by atoms with van der Waals surface area (Å²) in [6.45, 7) is 3.23. The highest BCUT2D eigenvalue weighted by atomic mass is 16.2. The molecule has 2 fully saturated rings. The SMILES string of the molecule is Cn1c(=O)n(CCC(=O)N2CCC(NCC3CC3)CC2)c2ccccc21. The molecule has 2 aromatic rings. The van der Waals surface area contributed by atoms with Gasteiger partial charge in [-0.2, -0.15) is 0 Å². The van der Waals surface area contributed by atoms with Crippen molar-refractivity contribution in [3.05, 3.63) is 34.7 Å². The number of nitrogens with one attached hydrogen (secondary N) is 1. The number of nitrogens with zero attached hydrogens (tertiary/aromatic N) is 3. The van der Waals surface area contributed by atoms with Crippen LogP contribution in [0, 0.1) is 5.92 Å². The number of benzene rings is 1. The number of piperidine rings is 1. The second-order valence-electron chi connectivity index (χ2n) is 7.74. The first-order valence-corrected chi connectivity index (χ1v) is 9.79. The minimum absolute atomic E-state index is 0.0537. The van der Waals surface area contributed by atoms with Gasteiger partial charge in [0.15, 0.2) is 0 Å². The van der Waals surface area contributed by atoms with Crippen LogP contribution in [-0.2, 0) is 18.4 Å². The highest BCUT2D eigenvalue weighted by Crippen LogP contribution is 2.28. The van der Waals surface area contributed by atoms with E-state index >= 15 is 0 Å². The van der Waals surface area contributed by atoms with Gasteiger partial charge >= 0.3 is 5.69 Å². The summed E-state index contributed by atoms with van der Waals surface area (Å²) in [7, 11) is 1.78. The molecule has 0 atom stereocenters. The third-order valence-corrected chi connectivity index (χ3v) is 5.84. The Balaban J connectivity index is 1.32. The van der Waals surface area contributed by atoms with Crippen molar-refractivity contribution in [1.82, 2.24) is 19.4 Å². The number of carbonyl (C=O) groups excluding carboxylic acids is 1. The largest absolute Gasteiger partial charge is 0.343 e. The van der Waals surface area contributed by atoms with E-state index in [0.717, 1.165) is 49.4 Å². The van der Waals surface area contributed by atoms with Crippen molar-refractivity contribution in [1.29, 1.82) is 0 Å². The molecule has 0 spiro atoms. The Morgan fingerprint density at radius 1 is 1.12 bits per heavy atom. The first kappa shape index (κ1) is 17.3. The van der Waals surface area contributed by atoms with Crippen molar-refractivity contribution in [3.63, 3.8) is 0 Å². The van der Waals surface area contributed by atoms with Crippen LogP contribution in [0.25, 0.3) is 11.0 Å². The van der Waals surface area contributed by atoms with Crippen LogP contribution in [0.15, 0.2) is 29.1 Å². The Bertz CT molecular complexity index is 841.